The second-order valence-electron chi connectivity index (χ2n) is 6.99. The Labute approximate surface area is 177 Å². The summed E-state index contributed by atoms with van der Waals surface area (Å²) in [5.41, 5.74) is 0.411. The van der Waals surface area contributed by atoms with Gasteiger partial charge in [0.2, 0.25) is 5.91 Å². The number of rotatable bonds is 8. The van der Waals surface area contributed by atoms with Crippen LogP contribution in [0.15, 0.2) is 30.3 Å². The Hall–Kier alpha value is -3.50. The van der Waals surface area contributed by atoms with Gasteiger partial charge in [-0.1, -0.05) is 18.2 Å². The van der Waals surface area contributed by atoms with Crippen molar-refractivity contribution in [2.45, 2.75) is 26.0 Å². The standard InChI is InChI=1S/C20H23F2N5O4/c1-23-17(28)12-27(11-13-6-2-3-7-16(13)31-20(21)22)19(30)15-10-14(24-25-15)18(29)26-8-4-5-9-26/h2-3,6-7,10,20H,4-5,8-9,11-12H2,1H3,(H,23,28)(H,24,25). The van der Waals surface area contributed by atoms with Crippen LogP contribution in [0, 0.1) is 0 Å². The smallest absolute Gasteiger partial charge is 0.387 e. The third-order valence-electron chi connectivity index (χ3n) is 4.87. The minimum Gasteiger partial charge on any atom is -0.434 e. The van der Waals surface area contributed by atoms with E-state index in [-0.39, 0.29) is 36.1 Å². The summed E-state index contributed by atoms with van der Waals surface area (Å²) in [6.45, 7) is -2.25. The van der Waals surface area contributed by atoms with Crippen LogP contribution in [0.1, 0.15) is 39.4 Å². The van der Waals surface area contributed by atoms with Crippen molar-refractivity contribution in [3.8, 4) is 5.75 Å². The molecule has 0 radical (unpaired) electrons. The van der Waals surface area contributed by atoms with Gasteiger partial charge in [0.05, 0.1) is 6.54 Å². The largest absolute Gasteiger partial charge is 0.434 e. The first-order chi connectivity index (χ1) is 14.9. The van der Waals surface area contributed by atoms with E-state index in [4.69, 9.17) is 0 Å². The molecule has 9 nitrogen and oxygen atoms in total. The van der Waals surface area contributed by atoms with E-state index in [9.17, 15) is 23.2 Å². The van der Waals surface area contributed by atoms with E-state index in [0.717, 1.165) is 17.7 Å². The van der Waals surface area contributed by atoms with Gasteiger partial charge in [-0.2, -0.15) is 13.9 Å². The molecule has 3 rings (SSSR count). The summed E-state index contributed by atoms with van der Waals surface area (Å²) >= 11 is 0. The summed E-state index contributed by atoms with van der Waals surface area (Å²) in [7, 11) is 1.42. The summed E-state index contributed by atoms with van der Waals surface area (Å²) in [5.74, 6) is -1.44. The zero-order chi connectivity index (χ0) is 22.4. The molecule has 0 spiro atoms. The van der Waals surface area contributed by atoms with Crippen LogP contribution < -0.4 is 10.1 Å². The predicted molar refractivity (Wildman–Crippen MR) is 106 cm³/mol. The van der Waals surface area contributed by atoms with Gasteiger partial charge in [0.15, 0.2) is 5.69 Å². The molecule has 0 saturated carbocycles. The molecule has 0 aliphatic carbocycles. The van der Waals surface area contributed by atoms with E-state index < -0.39 is 18.4 Å². The zero-order valence-corrected chi connectivity index (χ0v) is 16.9. The van der Waals surface area contributed by atoms with Gasteiger partial charge in [-0.15, -0.1) is 0 Å². The van der Waals surface area contributed by atoms with Crippen molar-refractivity contribution in [1.29, 1.82) is 0 Å². The number of ether oxygens (including phenoxy) is 1. The molecule has 2 heterocycles. The third-order valence-corrected chi connectivity index (χ3v) is 4.87. The minimum absolute atomic E-state index is 0.0568. The Morgan fingerprint density at radius 2 is 1.97 bits per heavy atom. The monoisotopic (exact) mass is 435 g/mol. The number of hydrogen-bond donors (Lipinski definition) is 2. The maximum Gasteiger partial charge on any atom is 0.387 e. The third kappa shape index (κ3) is 5.56. The number of benzene rings is 1. The van der Waals surface area contributed by atoms with Gasteiger partial charge in [-0.25, -0.2) is 0 Å². The summed E-state index contributed by atoms with van der Waals surface area (Å²) in [6, 6.07) is 7.34. The molecule has 3 amide bonds. The molecule has 1 fully saturated rings. The lowest BCUT2D eigenvalue weighted by atomic mass is 10.1. The fraction of sp³-hybridized carbons (Fsp3) is 0.400. The second-order valence-corrected chi connectivity index (χ2v) is 6.99. The van der Waals surface area contributed by atoms with Crippen LogP contribution >= 0.6 is 0 Å². The number of para-hydroxylation sites is 1. The number of hydrogen-bond acceptors (Lipinski definition) is 5. The fourth-order valence-corrected chi connectivity index (χ4v) is 3.30. The SMILES string of the molecule is CNC(=O)CN(Cc1ccccc1OC(F)F)C(=O)c1cc(C(=O)N2CCCC2)[nH]n1. The summed E-state index contributed by atoms with van der Waals surface area (Å²) < 4.78 is 29.9. The number of amides is 3. The Bertz CT molecular complexity index is 943. The van der Waals surface area contributed by atoms with Crippen molar-refractivity contribution < 1.29 is 27.9 Å². The average molecular weight is 435 g/mol. The number of likely N-dealkylation sites (tertiary alicyclic amines) is 1. The molecule has 0 bridgehead atoms. The summed E-state index contributed by atoms with van der Waals surface area (Å²) in [6.07, 6.45) is 1.84. The van der Waals surface area contributed by atoms with Crippen LogP contribution in [0.2, 0.25) is 0 Å². The number of likely N-dealkylation sites (N-methyl/N-ethyl adjacent to an activating group) is 1. The summed E-state index contributed by atoms with van der Waals surface area (Å²) in [5, 5.41) is 8.92. The van der Waals surface area contributed by atoms with E-state index in [1.807, 2.05) is 0 Å². The number of alkyl halides is 2. The van der Waals surface area contributed by atoms with E-state index in [1.54, 1.807) is 11.0 Å². The van der Waals surface area contributed by atoms with Crippen LogP contribution in [0.4, 0.5) is 8.78 Å². The Morgan fingerprint density at radius 1 is 1.26 bits per heavy atom. The molecular weight excluding hydrogens is 412 g/mol. The van der Waals surface area contributed by atoms with Gasteiger partial charge in [0.1, 0.15) is 18.0 Å². The first kappa shape index (κ1) is 22.2. The minimum atomic E-state index is -3.03. The highest BCUT2D eigenvalue weighted by Crippen LogP contribution is 2.23. The molecule has 1 aromatic heterocycles. The van der Waals surface area contributed by atoms with E-state index in [2.05, 4.69) is 20.3 Å². The Morgan fingerprint density at radius 3 is 2.65 bits per heavy atom. The van der Waals surface area contributed by atoms with E-state index in [0.29, 0.717) is 18.7 Å². The molecule has 1 aliphatic rings. The molecule has 1 aromatic carbocycles. The molecule has 31 heavy (non-hydrogen) atoms. The van der Waals surface area contributed by atoms with E-state index >= 15 is 0 Å². The number of carbonyl (C=O) groups is 3. The number of carbonyl (C=O) groups excluding carboxylic acids is 3. The van der Waals surface area contributed by atoms with Crippen molar-refractivity contribution in [3.63, 3.8) is 0 Å². The summed E-state index contributed by atoms with van der Waals surface area (Å²) in [4.78, 5) is 40.3. The van der Waals surface area contributed by atoms with Gasteiger partial charge in [0.25, 0.3) is 11.8 Å². The van der Waals surface area contributed by atoms with Gasteiger partial charge in [-0.05, 0) is 18.9 Å². The van der Waals surface area contributed by atoms with Crippen LogP contribution in [-0.2, 0) is 11.3 Å². The second kappa shape index (κ2) is 10.0. The van der Waals surface area contributed by atoms with Gasteiger partial charge in [-0.3, -0.25) is 19.5 Å². The number of nitrogens with one attached hydrogen (secondary N) is 2. The van der Waals surface area contributed by atoms with Crippen molar-refractivity contribution in [2.75, 3.05) is 26.7 Å². The predicted octanol–water partition coefficient (Wildman–Crippen LogP) is 1.64. The van der Waals surface area contributed by atoms with Crippen molar-refractivity contribution >= 4 is 17.7 Å². The quantitative estimate of drug-likeness (QED) is 0.656. The maximum absolute atomic E-state index is 13.0. The van der Waals surface area contributed by atoms with Crippen LogP contribution in [0.3, 0.4) is 0 Å². The highest BCUT2D eigenvalue weighted by molar-refractivity contribution is 5.98. The Balaban J connectivity index is 1.81. The number of H-pyrrole nitrogens is 1. The fourth-order valence-electron chi connectivity index (χ4n) is 3.30. The maximum atomic E-state index is 13.0. The van der Waals surface area contributed by atoms with Gasteiger partial charge < -0.3 is 19.9 Å². The van der Waals surface area contributed by atoms with Crippen LogP contribution in [0.5, 0.6) is 5.75 Å². The lowest BCUT2D eigenvalue weighted by Crippen LogP contribution is -2.39. The average Bonchev–Trinajstić information content (AvgIpc) is 3.45. The van der Waals surface area contributed by atoms with Crippen LogP contribution in [-0.4, -0.2) is 71.0 Å². The van der Waals surface area contributed by atoms with Crippen molar-refractivity contribution in [2.24, 2.45) is 0 Å². The van der Waals surface area contributed by atoms with Crippen molar-refractivity contribution in [1.82, 2.24) is 25.3 Å². The molecule has 0 unspecified atom stereocenters. The highest BCUT2D eigenvalue weighted by atomic mass is 19.3. The van der Waals surface area contributed by atoms with Gasteiger partial charge in [0, 0.05) is 31.8 Å². The number of aromatic nitrogens is 2. The number of halogens is 2. The molecular formula is C20H23F2N5O4. The zero-order valence-electron chi connectivity index (χ0n) is 16.9. The first-order valence-electron chi connectivity index (χ1n) is 9.76. The molecule has 1 aliphatic heterocycles. The topological polar surface area (TPSA) is 108 Å². The number of nitrogens with zero attached hydrogens (tertiary/aromatic N) is 3. The normalized spacial score (nSPS) is 13.4. The lowest BCUT2D eigenvalue weighted by molar-refractivity contribution is -0.121. The Kier molecular flexibility index (Phi) is 7.16. The molecule has 1 saturated heterocycles. The molecule has 2 N–H and O–H groups in total. The van der Waals surface area contributed by atoms with E-state index in [1.165, 1.54) is 31.3 Å². The lowest BCUT2D eigenvalue weighted by Gasteiger charge is -2.22. The molecule has 166 valence electrons. The first-order valence-corrected chi connectivity index (χ1v) is 9.76. The van der Waals surface area contributed by atoms with Crippen molar-refractivity contribution in [3.05, 3.63) is 47.3 Å². The number of aromatic amines is 1. The molecule has 11 heteroatoms. The highest BCUT2D eigenvalue weighted by Gasteiger charge is 2.26. The van der Waals surface area contributed by atoms with Crippen LogP contribution in [0.25, 0.3) is 0 Å². The molecule has 0 atom stereocenters. The molecule has 2 aromatic rings. The van der Waals surface area contributed by atoms with Gasteiger partial charge >= 0.3 is 6.61 Å².